The Morgan fingerprint density at radius 1 is 1.29 bits per heavy atom. The minimum Gasteiger partial charge on any atom is -0.330 e. The van der Waals surface area contributed by atoms with Crippen LogP contribution in [0.1, 0.15) is 53.9 Å². The molecule has 2 atom stereocenters. The van der Waals surface area contributed by atoms with Gasteiger partial charge in [-0.1, -0.05) is 38.7 Å². The standard InChI is InChI=1S/C23H38FN3O/c1-9-13-22(21(7)27(18-25-8)19(5)12-4)17-23(24)16-20(6)28-26(14-10-2)15-11-3/h10-11,13,15-16,18,20-21H,2,5,9,12,14,17H2,1,3-4,6-8H3/b15-11-,22-13+,23-16+,25-18-. The number of rotatable bonds is 14. The van der Waals surface area contributed by atoms with E-state index in [1.165, 1.54) is 6.08 Å². The van der Waals surface area contributed by atoms with Gasteiger partial charge in [0.15, 0.2) is 0 Å². The fourth-order valence-corrected chi connectivity index (χ4v) is 2.78. The number of aliphatic imine (C=N–C) groups is 1. The lowest BCUT2D eigenvalue weighted by Gasteiger charge is -2.30. The molecule has 0 bridgehead atoms. The Kier molecular flexibility index (Phi) is 13.7. The van der Waals surface area contributed by atoms with Gasteiger partial charge in [-0.15, -0.1) is 6.58 Å². The van der Waals surface area contributed by atoms with Gasteiger partial charge in [0.05, 0.1) is 18.9 Å². The van der Waals surface area contributed by atoms with Gasteiger partial charge in [0, 0.05) is 25.4 Å². The molecule has 0 radical (unpaired) electrons. The van der Waals surface area contributed by atoms with Gasteiger partial charge < -0.3 is 4.90 Å². The van der Waals surface area contributed by atoms with E-state index in [1.807, 2.05) is 31.7 Å². The Labute approximate surface area is 171 Å². The van der Waals surface area contributed by atoms with Crippen molar-refractivity contribution >= 4 is 6.34 Å². The molecule has 158 valence electrons. The smallest absolute Gasteiger partial charge is 0.104 e. The molecule has 0 aromatic heterocycles. The molecular weight excluding hydrogens is 353 g/mol. The predicted molar refractivity (Wildman–Crippen MR) is 120 cm³/mol. The van der Waals surface area contributed by atoms with Crippen LogP contribution in [0.5, 0.6) is 0 Å². The highest BCUT2D eigenvalue weighted by Gasteiger charge is 2.19. The molecule has 0 amide bonds. The maximum Gasteiger partial charge on any atom is 0.104 e. The quantitative estimate of drug-likeness (QED) is 0.153. The Morgan fingerprint density at radius 2 is 1.96 bits per heavy atom. The van der Waals surface area contributed by atoms with Crippen LogP contribution in [0, 0.1) is 0 Å². The van der Waals surface area contributed by atoms with Crippen molar-refractivity contribution in [3.8, 4) is 0 Å². The van der Waals surface area contributed by atoms with Crippen molar-refractivity contribution in [1.29, 1.82) is 0 Å². The maximum absolute atomic E-state index is 14.8. The summed E-state index contributed by atoms with van der Waals surface area (Å²) in [5, 5.41) is 1.64. The first-order valence-corrected chi connectivity index (χ1v) is 9.95. The van der Waals surface area contributed by atoms with E-state index in [4.69, 9.17) is 4.84 Å². The second-order valence-electron chi connectivity index (χ2n) is 6.54. The Bertz CT molecular complexity index is 593. The Morgan fingerprint density at radius 3 is 2.46 bits per heavy atom. The SMILES string of the molecule is C=CCN(/C=C\C)OC(C)/C=C(/F)C/C(=C\CC)C(C)N(/C=N\C)C(=C)CC. The molecule has 4 nitrogen and oxygen atoms in total. The van der Waals surface area contributed by atoms with Gasteiger partial charge in [0.1, 0.15) is 11.9 Å². The molecule has 2 unspecified atom stereocenters. The fraction of sp³-hybridized carbons (Fsp3) is 0.522. The van der Waals surface area contributed by atoms with Gasteiger partial charge in [-0.05, 0) is 45.3 Å². The van der Waals surface area contributed by atoms with E-state index in [2.05, 4.69) is 38.1 Å². The molecule has 0 spiro atoms. The van der Waals surface area contributed by atoms with Gasteiger partial charge in [-0.25, -0.2) is 4.39 Å². The van der Waals surface area contributed by atoms with Crippen LogP contribution in [0.25, 0.3) is 0 Å². The van der Waals surface area contributed by atoms with Crippen molar-refractivity contribution in [2.24, 2.45) is 4.99 Å². The van der Waals surface area contributed by atoms with Crippen LogP contribution < -0.4 is 0 Å². The first kappa shape index (κ1) is 25.9. The molecule has 0 aromatic rings. The van der Waals surface area contributed by atoms with Crippen molar-refractivity contribution < 1.29 is 9.23 Å². The zero-order valence-electron chi connectivity index (χ0n) is 18.5. The van der Waals surface area contributed by atoms with Crippen LogP contribution in [-0.4, -0.2) is 42.0 Å². The summed E-state index contributed by atoms with van der Waals surface area (Å²) in [6.07, 6.45) is 12.2. The number of hydrogen-bond acceptors (Lipinski definition) is 3. The minimum absolute atomic E-state index is 0.0215. The molecule has 0 aliphatic heterocycles. The molecule has 0 N–H and O–H groups in total. The third kappa shape index (κ3) is 9.70. The lowest BCUT2D eigenvalue weighted by atomic mass is 10.0. The molecule has 0 aliphatic rings. The first-order chi connectivity index (χ1) is 13.3. The third-order valence-corrected chi connectivity index (χ3v) is 4.15. The van der Waals surface area contributed by atoms with Crippen molar-refractivity contribution in [2.45, 2.75) is 66.0 Å². The predicted octanol–water partition coefficient (Wildman–Crippen LogP) is 6.18. The van der Waals surface area contributed by atoms with Gasteiger partial charge in [0.2, 0.25) is 0 Å². The lowest BCUT2D eigenvalue weighted by molar-refractivity contribution is -0.135. The highest BCUT2D eigenvalue weighted by molar-refractivity contribution is 5.59. The average Bonchev–Trinajstić information content (AvgIpc) is 2.64. The highest BCUT2D eigenvalue weighted by Crippen LogP contribution is 2.23. The number of allylic oxidation sites excluding steroid dienone is 4. The van der Waals surface area contributed by atoms with Gasteiger partial charge in [0.25, 0.3) is 0 Å². The molecule has 28 heavy (non-hydrogen) atoms. The molecule has 0 aromatic carbocycles. The summed E-state index contributed by atoms with van der Waals surface area (Å²) in [7, 11) is 1.73. The van der Waals surface area contributed by atoms with Crippen molar-refractivity contribution in [3.05, 3.63) is 60.8 Å². The van der Waals surface area contributed by atoms with Crippen LogP contribution >= 0.6 is 0 Å². The molecule has 0 heterocycles. The Balaban J connectivity index is 5.30. The van der Waals surface area contributed by atoms with Crippen molar-refractivity contribution in [2.75, 3.05) is 13.6 Å². The minimum atomic E-state index is -0.395. The van der Waals surface area contributed by atoms with E-state index in [-0.39, 0.29) is 18.3 Å². The molecule has 0 aliphatic carbocycles. The van der Waals surface area contributed by atoms with Gasteiger partial charge >= 0.3 is 0 Å². The summed E-state index contributed by atoms with van der Waals surface area (Å²) in [6, 6.07) is -0.0215. The number of hydroxylamine groups is 2. The monoisotopic (exact) mass is 391 g/mol. The Hall–Kier alpha value is -2.14. The molecule has 0 fully saturated rings. The maximum atomic E-state index is 14.8. The molecule has 0 saturated carbocycles. The topological polar surface area (TPSA) is 28.1 Å². The average molecular weight is 392 g/mol. The second-order valence-corrected chi connectivity index (χ2v) is 6.54. The number of nitrogens with zero attached hydrogens (tertiary/aromatic N) is 3. The summed E-state index contributed by atoms with van der Waals surface area (Å²) in [5.74, 6) is -0.214. The van der Waals surface area contributed by atoms with Crippen molar-refractivity contribution in [3.63, 3.8) is 0 Å². The van der Waals surface area contributed by atoms with E-state index in [9.17, 15) is 4.39 Å². The van der Waals surface area contributed by atoms with Crippen LogP contribution in [-0.2, 0) is 4.84 Å². The molecule has 0 rings (SSSR count). The van der Waals surface area contributed by atoms with Gasteiger partial charge in [-0.2, -0.15) is 0 Å². The normalized spacial score (nSPS) is 15.1. The van der Waals surface area contributed by atoms with E-state index in [1.54, 1.807) is 30.7 Å². The first-order valence-electron chi connectivity index (χ1n) is 9.95. The van der Waals surface area contributed by atoms with E-state index in [0.29, 0.717) is 6.54 Å². The fourth-order valence-electron chi connectivity index (χ4n) is 2.78. The van der Waals surface area contributed by atoms with E-state index < -0.39 is 6.10 Å². The lowest BCUT2D eigenvalue weighted by Crippen LogP contribution is -2.32. The van der Waals surface area contributed by atoms with Crippen LogP contribution in [0.4, 0.5) is 4.39 Å². The molecule has 0 saturated heterocycles. The zero-order chi connectivity index (χ0) is 21.5. The molecule has 5 heteroatoms. The summed E-state index contributed by atoms with van der Waals surface area (Å²) in [4.78, 5) is 11.9. The third-order valence-electron chi connectivity index (χ3n) is 4.15. The van der Waals surface area contributed by atoms with Crippen LogP contribution in [0.15, 0.2) is 65.8 Å². The van der Waals surface area contributed by atoms with Gasteiger partial charge in [-0.3, -0.25) is 14.9 Å². The number of hydrogen-bond donors (Lipinski definition) is 0. The van der Waals surface area contributed by atoms with Crippen LogP contribution in [0.2, 0.25) is 0 Å². The van der Waals surface area contributed by atoms with E-state index >= 15 is 0 Å². The number of halogens is 1. The summed E-state index contributed by atoms with van der Waals surface area (Å²) in [5.41, 5.74) is 1.95. The van der Waals surface area contributed by atoms with Crippen molar-refractivity contribution in [1.82, 2.24) is 9.96 Å². The zero-order valence-corrected chi connectivity index (χ0v) is 18.5. The largest absolute Gasteiger partial charge is 0.330 e. The molecular formula is C23H38FN3O. The highest BCUT2D eigenvalue weighted by atomic mass is 19.1. The summed E-state index contributed by atoms with van der Waals surface area (Å²) >= 11 is 0. The second kappa shape index (κ2) is 14.9. The summed E-state index contributed by atoms with van der Waals surface area (Å²) < 4.78 is 14.8. The van der Waals surface area contributed by atoms with E-state index in [0.717, 1.165) is 24.1 Å². The summed E-state index contributed by atoms with van der Waals surface area (Å²) in [6.45, 7) is 18.2. The van der Waals surface area contributed by atoms with Crippen LogP contribution in [0.3, 0.4) is 0 Å².